The Hall–Kier alpha value is -1.68. The zero-order chi connectivity index (χ0) is 20.0. The van der Waals surface area contributed by atoms with E-state index in [2.05, 4.69) is 22.0 Å². The molecule has 1 spiro atoms. The number of Topliss-reactive ketones (excluding diaryl/α,β-unsaturated/α-hetero) is 1. The molecule has 5 rings (SSSR count). The molecular formula is C25H33FN2O. The van der Waals surface area contributed by atoms with E-state index < -0.39 is 0 Å². The summed E-state index contributed by atoms with van der Waals surface area (Å²) >= 11 is 0. The van der Waals surface area contributed by atoms with Gasteiger partial charge in [-0.05, 0) is 80.3 Å². The lowest BCUT2D eigenvalue weighted by Crippen LogP contribution is -2.46. The average molecular weight is 397 g/mol. The van der Waals surface area contributed by atoms with Gasteiger partial charge in [0.1, 0.15) is 11.6 Å². The molecule has 1 aromatic carbocycles. The van der Waals surface area contributed by atoms with Gasteiger partial charge in [-0.15, -0.1) is 0 Å². The summed E-state index contributed by atoms with van der Waals surface area (Å²) in [5.41, 5.74) is 2.39. The van der Waals surface area contributed by atoms with Crippen LogP contribution in [0.15, 0.2) is 30.4 Å². The number of carbonyl (C=O) groups is 1. The Kier molecular flexibility index (Phi) is 5.01. The maximum absolute atomic E-state index is 14.1. The average Bonchev–Trinajstić information content (AvgIpc) is 3.42. The summed E-state index contributed by atoms with van der Waals surface area (Å²) in [6.07, 6.45) is 11.0. The van der Waals surface area contributed by atoms with E-state index in [0.717, 1.165) is 62.5 Å². The molecule has 0 amide bonds. The van der Waals surface area contributed by atoms with Crippen molar-refractivity contribution in [1.82, 2.24) is 4.90 Å². The lowest BCUT2D eigenvalue weighted by molar-refractivity contribution is -0.118. The van der Waals surface area contributed by atoms with Gasteiger partial charge in [0, 0.05) is 43.6 Å². The molecule has 2 heterocycles. The Morgan fingerprint density at radius 1 is 1.21 bits per heavy atom. The van der Waals surface area contributed by atoms with Crippen LogP contribution in [0.3, 0.4) is 0 Å². The number of anilines is 1. The van der Waals surface area contributed by atoms with Crippen molar-refractivity contribution in [2.45, 2.75) is 50.9 Å². The third kappa shape index (κ3) is 3.54. The molecule has 29 heavy (non-hydrogen) atoms. The summed E-state index contributed by atoms with van der Waals surface area (Å²) in [6, 6.07) is 5.28. The standard InChI is InChI=1S/C25H33FN2O/c1-2-22(29)7-10-28-17-25(23-15-21(26)5-6-24(23)28)8-11-27(12-9-25)16-20-14-18-3-4-19(20)13-18/h3-6,15,18-20H,2,7-14,16-17H2,1H3/t18-,19-,20-/m0/s1. The Bertz CT molecular complexity index is 811. The molecular weight excluding hydrogens is 363 g/mol. The molecule has 0 radical (unpaired) electrons. The summed E-state index contributed by atoms with van der Waals surface area (Å²) in [5, 5.41) is 0. The minimum Gasteiger partial charge on any atom is -0.370 e. The predicted molar refractivity (Wildman–Crippen MR) is 115 cm³/mol. The smallest absolute Gasteiger partial charge is 0.134 e. The SMILES string of the molecule is CCC(=O)CCN1CC2(CCN(C[C@@H]3C[C@H]4C=C[C@H]3C4)CC2)c2cc(F)ccc21. The first-order valence-corrected chi connectivity index (χ1v) is 11.5. The molecule has 1 saturated heterocycles. The summed E-state index contributed by atoms with van der Waals surface area (Å²) in [6.45, 7) is 7.07. The molecule has 4 heteroatoms. The minimum atomic E-state index is -0.134. The van der Waals surface area contributed by atoms with Gasteiger partial charge in [0.25, 0.3) is 0 Å². The molecule has 2 fully saturated rings. The molecule has 1 aromatic rings. The first-order chi connectivity index (χ1) is 14.1. The van der Waals surface area contributed by atoms with Crippen molar-refractivity contribution in [3.05, 3.63) is 41.7 Å². The van der Waals surface area contributed by atoms with Gasteiger partial charge in [-0.2, -0.15) is 0 Å². The number of ketones is 1. The number of hydrogen-bond donors (Lipinski definition) is 0. The molecule has 2 aliphatic heterocycles. The van der Waals surface area contributed by atoms with E-state index in [-0.39, 0.29) is 11.2 Å². The van der Waals surface area contributed by atoms with E-state index in [1.165, 1.54) is 24.9 Å². The van der Waals surface area contributed by atoms with Crippen LogP contribution in [0.25, 0.3) is 0 Å². The van der Waals surface area contributed by atoms with Crippen LogP contribution in [0.1, 0.15) is 51.0 Å². The fraction of sp³-hybridized carbons (Fsp3) is 0.640. The summed E-state index contributed by atoms with van der Waals surface area (Å²) < 4.78 is 14.1. The summed E-state index contributed by atoms with van der Waals surface area (Å²) in [4.78, 5) is 16.9. The van der Waals surface area contributed by atoms with Crippen LogP contribution in [0.5, 0.6) is 0 Å². The molecule has 2 bridgehead atoms. The van der Waals surface area contributed by atoms with Crippen LogP contribution in [0.2, 0.25) is 0 Å². The van der Waals surface area contributed by atoms with Crippen molar-refractivity contribution in [3.8, 4) is 0 Å². The lowest BCUT2D eigenvalue weighted by Gasteiger charge is -2.41. The van der Waals surface area contributed by atoms with Gasteiger partial charge in [-0.25, -0.2) is 4.39 Å². The highest BCUT2D eigenvalue weighted by Crippen LogP contribution is 2.48. The van der Waals surface area contributed by atoms with Gasteiger partial charge in [-0.3, -0.25) is 4.79 Å². The molecule has 4 aliphatic rings. The van der Waals surface area contributed by atoms with Crippen LogP contribution >= 0.6 is 0 Å². The second kappa shape index (κ2) is 7.54. The first-order valence-electron chi connectivity index (χ1n) is 11.5. The number of allylic oxidation sites excluding steroid dienone is 2. The second-order valence-corrected chi connectivity index (χ2v) is 9.85. The zero-order valence-corrected chi connectivity index (χ0v) is 17.6. The molecule has 2 aliphatic carbocycles. The molecule has 0 unspecified atom stereocenters. The van der Waals surface area contributed by atoms with Gasteiger partial charge < -0.3 is 9.80 Å². The van der Waals surface area contributed by atoms with E-state index in [1.54, 1.807) is 12.1 Å². The van der Waals surface area contributed by atoms with Crippen LogP contribution < -0.4 is 4.90 Å². The Morgan fingerprint density at radius 3 is 2.72 bits per heavy atom. The molecule has 156 valence electrons. The molecule has 3 atom stereocenters. The Morgan fingerprint density at radius 2 is 2.03 bits per heavy atom. The fourth-order valence-electron chi connectivity index (χ4n) is 6.41. The Balaban J connectivity index is 1.27. The van der Waals surface area contributed by atoms with E-state index in [1.807, 2.05) is 13.0 Å². The largest absolute Gasteiger partial charge is 0.370 e. The normalized spacial score (nSPS) is 29.7. The number of likely N-dealkylation sites (tertiary alicyclic amines) is 1. The van der Waals surface area contributed by atoms with Gasteiger partial charge in [0.15, 0.2) is 0 Å². The number of fused-ring (bicyclic) bond motifs is 4. The fourth-order valence-corrected chi connectivity index (χ4v) is 6.41. The number of piperidine rings is 1. The van der Waals surface area contributed by atoms with Crippen LogP contribution in [0, 0.1) is 23.6 Å². The van der Waals surface area contributed by atoms with Gasteiger partial charge in [0.2, 0.25) is 0 Å². The topological polar surface area (TPSA) is 23.6 Å². The molecule has 0 aromatic heterocycles. The number of rotatable bonds is 6. The van der Waals surface area contributed by atoms with Crippen LogP contribution in [0.4, 0.5) is 10.1 Å². The number of carbonyl (C=O) groups excluding carboxylic acids is 1. The highest BCUT2D eigenvalue weighted by molar-refractivity contribution is 5.79. The third-order valence-electron chi connectivity index (χ3n) is 8.14. The van der Waals surface area contributed by atoms with E-state index in [4.69, 9.17) is 0 Å². The summed E-state index contributed by atoms with van der Waals surface area (Å²) in [5.74, 6) is 2.66. The second-order valence-electron chi connectivity index (χ2n) is 9.85. The van der Waals surface area contributed by atoms with Crippen LogP contribution in [-0.2, 0) is 10.2 Å². The maximum atomic E-state index is 14.1. The zero-order valence-electron chi connectivity index (χ0n) is 17.6. The van der Waals surface area contributed by atoms with Gasteiger partial charge >= 0.3 is 0 Å². The quantitative estimate of drug-likeness (QED) is 0.659. The summed E-state index contributed by atoms with van der Waals surface area (Å²) in [7, 11) is 0. The lowest BCUT2D eigenvalue weighted by atomic mass is 9.74. The van der Waals surface area contributed by atoms with Crippen molar-refractivity contribution in [1.29, 1.82) is 0 Å². The highest BCUT2D eigenvalue weighted by atomic mass is 19.1. The molecule has 0 N–H and O–H groups in total. The number of benzene rings is 1. The highest BCUT2D eigenvalue weighted by Gasteiger charge is 2.45. The Labute approximate surface area is 173 Å². The maximum Gasteiger partial charge on any atom is 0.134 e. The van der Waals surface area contributed by atoms with Gasteiger partial charge in [-0.1, -0.05) is 19.1 Å². The van der Waals surface area contributed by atoms with E-state index in [9.17, 15) is 9.18 Å². The molecule has 3 nitrogen and oxygen atoms in total. The number of halogens is 1. The third-order valence-corrected chi connectivity index (χ3v) is 8.14. The van der Waals surface area contributed by atoms with Crippen molar-refractivity contribution < 1.29 is 9.18 Å². The van der Waals surface area contributed by atoms with E-state index in [0.29, 0.717) is 18.6 Å². The van der Waals surface area contributed by atoms with Crippen LogP contribution in [-0.4, -0.2) is 43.4 Å². The van der Waals surface area contributed by atoms with Crippen molar-refractivity contribution in [2.24, 2.45) is 17.8 Å². The number of nitrogens with zero attached hydrogens (tertiary/aromatic N) is 2. The monoisotopic (exact) mass is 396 g/mol. The first kappa shape index (κ1) is 19.3. The van der Waals surface area contributed by atoms with E-state index >= 15 is 0 Å². The minimum absolute atomic E-state index is 0.0534. The predicted octanol–water partition coefficient (Wildman–Crippen LogP) is 4.56. The van der Waals surface area contributed by atoms with Gasteiger partial charge in [0.05, 0.1) is 0 Å². The van der Waals surface area contributed by atoms with Crippen molar-refractivity contribution in [2.75, 3.05) is 37.6 Å². The number of hydrogen-bond acceptors (Lipinski definition) is 3. The van der Waals surface area contributed by atoms with Crippen molar-refractivity contribution in [3.63, 3.8) is 0 Å². The molecule has 1 saturated carbocycles. The van der Waals surface area contributed by atoms with Crippen molar-refractivity contribution >= 4 is 11.5 Å².